The summed E-state index contributed by atoms with van der Waals surface area (Å²) in [7, 11) is 1.61. The third kappa shape index (κ3) is 4.83. The lowest BCUT2D eigenvalue weighted by molar-refractivity contribution is 0.0994. The second kappa shape index (κ2) is 8.82. The summed E-state index contributed by atoms with van der Waals surface area (Å²) >= 11 is 2.88. The number of carbonyl (C=O) groups excluding carboxylic acids is 1. The third-order valence-electron chi connectivity index (χ3n) is 3.71. The van der Waals surface area contributed by atoms with Crippen molar-refractivity contribution in [2.45, 2.75) is 23.1 Å². The largest absolute Gasteiger partial charge is 0.497 e. The average molecular weight is 386 g/mol. The van der Waals surface area contributed by atoms with Gasteiger partial charge in [0.15, 0.2) is 10.1 Å². The van der Waals surface area contributed by atoms with Crippen LogP contribution in [0.1, 0.15) is 22.8 Å². The smallest absolute Gasteiger partial charge is 0.206 e. The van der Waals surface area contributed by atoms with Gasteiger partial charge < -0.3 is 10.1 Å². The van der Waals surface area contributed by atoms with E-state index in [1.54, 1.807) is 31.4 Å². The van der Waals surface area contributed by atoms with Crippen molar-refractivity contribution in [2.75, 3.05) is 12.4 Å². The van der Waals surface area contributed by atoms with Gasteiger partial charge in [-0.25, -0.2) is 0 Å². The lowest BCUT2D eigenvalue weighted by atomic mass is 10.1. The summed E-state index contributed by atoms with van der Waals surface area (Å²) in [6, 6.07) is 17.3. The zero-order valence-corrected chi connectivity index (χ0v) is 16.1. The number of rotatable bonds is 8. The van der Waals surface area contributed by atoms with E-state index in [1.807, 2.05) is 25.1 Å². The molecule has 1 N–H and O–H groups in total. The Kier molecular flexibility index (Phi) is 6.25. The Labute approximate surface area is 160 Å². The van der Waals surface area contributed by atoms with Crippen LogP contribution in [0.5, 0.6) is 5.75 Å². The maximum atomic E-state index is 12.5. The van der Waals surface area contributed by atoms with Gasteiger partial charge in [-0.15, -0.1) is 10.2 Å². The molecule has 0 aliphatic heterocycles. The molecule has 0 spiro atoms. The van der Waals surface area contributed by atoms with Crippen LogP contribution in [0.25, 0.3) is 0 Å². The van der Waals surface area contributed by atoms with Crippen LogP contribution in [0.15, 0.2) is 58.9 Å². The Morgan fingerprint density at radius 1 is 1.15 bits per heavy atom. The monoisotopic (exact) mass is 385 g/mol. The predicted octanol–water partition coefficient (Wildman–Crippen LogP) is 4.52. The number of anilines is 1. The van der Waals surface area contributed by atoms with Gasteiger partial charge in [0.05, 0.1) is 12.4 Å². The first-order valence-corrected chi connectivity index (χ1v) is 9.81. The van der Waals surface area contributed by atoms with Gasteiger partial charge in [0, 0.05) is 12.1 Å². The molecule has 0 unspecified atom stereocenters. The fourth-order valence-corrected chi connectivity index (χ4v) is 4.27. The van der Waals surface area contributed by atoms with Crippen molar-refractivity contribution < 1.29 is 9.53 Å². The number of Topliss-reactive ketones (excluding diaryl/α,β-unsaturated/α-hetero) is 1. The highest BCUT2D eigenvalue weighted by Gasteiger charge is 2.19. The Hall–Kier alpha value is -2.38. The number of nitrogens with zero attached hydrogens (tertiary/aromatic N) is 2. The van der Waals surface area contributed by atoms with Crippen molar-refractivity contribution in [3.63, 3.8) is 0 Å². The molecule has 26 heavy (non-hydrogen) atoms. The van der Waals surface area contributed by atoms with Gasteiger partial charge >= 0.3 is 0 Å². The summed E-state index contributed by atoms with van der Waals surface area (Å²) in [4.78, 5) is 12.5. The molecule has 0 aliphatic carbocycles. The van der Waals surface area contributed by atoms with E-state index in [0.717, 1.165) is 15.2 Å². The predicted molar refractivity (Wildman–Crippen MR) is 106 cm³/mol. The first-order chi connectivity index (χ1) is 12.7. The van der Waals surface area contributed by atoms with Gasteiger partial charge in [-0.3, -0.25) is 4.79 Å². The second-order valence-electron chi connectivity index (χ2n) is 5.57. The van der Waals surface area contributed by atoms with Crippen molar-refractivity contribution in [3.8, 4) is 5.75 Å². The number of ether oxygens (including phenoxy) is 1. The molecule has 0 saturated heterocycles. The SMILES string of the molecule is COc1ccc(C(=O)[C@@H](C)Sc2nnc(NCc3ccccc3)s2)cc1. The van der Waals surface area contributed by atoms with Gasteiger partial charge in [0.1, 0.15) is 5.75 Å². The molecule has 5 nitrogen and oxygen atoms in total. The average Bonchev–Trinajstić information content (AvgIpc) is 3.14. The molecule has 134 valence electrons. The number of thioether (sulfide) groups is 1. The molecule has 0 fully saturated rings. The van der Waals surface area contributed by atoms with E-state index >= 15 is 0 Å². The summed E-state index contributed by atoms with van der Waals surface area (Å²) in [5.41, 5.74) is 1.85. The molecule has 3 rings (SSSR count). The van der Waals surface area contributed by atoms with Crippen LogP contribution >= 0.6 is 23.1 Å². The quantitative estimate of drug-likeness (QED) is 0.454. The maximum absolute atomic E-state index is 12.5. The third-order valence-corrected chi connectivity index (χ3v) is 5.78. The minimum absolute atomic E-state index is 0.0617. The number of carbonyl (C=O) groups is 1. The maximum Gasteiger partial charge on any atom is 0.206 e. The molecule has 0 bridgehead atoms. The van der Waals surface area contributed by atoms with E-state index in [9.17, 15) is 4.79 Å². The molecular weight excluding hydrogens is 366 g/mol. The number of nitrogens with one attached hydrogen (secondary N) is 1. The highest BCUT2D eigenvalue weighted by Crippen LogP contribution is 2.30. The Morgan fingerprint density at radius 2 is 1.88 bits per heavy atom. The van der Waals surface area contributed by atoms with E-state index < -0.39 is 0 Å². The van der Waals surface area contributed by atoms with Crippen LogP contribution in [0.3, 0.4) is 0 Å². The molecular formula is C19H19N3O2S2. The first kappa shape index (κ1) is 18.4. The number of hydrogen-bond donors (Lipinski definition) is 1. The zero-order chi connectivity index (χ0) is 18.4. The standard InChI is InChI=1S/C19H19N3O2S2/c1-13(17(23)15-8-10-16(24-2)11-9-15)25-19-22-21-18(26-19)20-12-14-6-4-3-5-7-14/h3-11,13H,12H2,1-2H3,(H,20,21)/t13-/m1/s1. The van der Waals surface area contributed by atoms with Gasteiger partial charge in [0.2, 0.25) is 5.13 Å². The van der Waals surface area contributed by atoms with Crippen molar-refractivity contribution in [1.29, 1.82) is 0 Å². The van der Waals surface area contributed by atoms with Crippen molar-refractivity contribution in [3.05, 3.63) is 65.7 Å². The molecule has 0 aliphatic rings. The van der Waals surface area contributed by atoms with Crippen LogP contribution in [0.4, 0.5) is 5.13 Å². The van der Waals surface area contributed by atoms with E-state index in [4.69, 9.17) is 4.74 Å². The van der Waals surface area contributed by atoms with Gasteiger partial charge in [-0.1, -0.05) is 53.4 Å². The van der Waals surface area contributed by atoms with Crippen LogP contribution in [-0.4, -0.2) is 28.3 Å². The molecule has 1 heterocycles. The molecule has 0 amide bonds. The zero-order valence-electron chi connectivity index (χ0n) is 14.5. The lowest BCUT2D eigenvalue weighted by Gasteiger charge is -2.08. The summed E-state index contributed by atoms with van der Waals surface area (Å²) < 4.78 is 5.90. The van der Waals surface area contributed by atoms with Gasteiger partial charge in [-0.2, -0.15) is 0 Å². The molecule has 1 atom stereocenters. The highest BCUT2D eigenvalue weighted by atomic mass is 32.2. The molecule has 7 heteroatoms. The minimum atomic E-state index is -0.238. The van der Waals surface area contributed by atoms with Crippen LogP contribution < -0.4 is 10.1 Å². The molecule has 1 aromatic heterocycles. The fourth-order valence-electron chi connectivity index (χ4n) is 2.30. The second-order valence-corrected chi connectivity index (χ2v) is 8.13. The topological polar surface area (TPSA) is 64.1 Å². The van der Waals surface area contributed by atoms with Crippen molar-refractivity contribution >= 4 is 34.0 Å². The molecule has 0 saturated carbocycles. The summed E-state index contributed by atoms with van der Waals surface area (Å²) in [5.74, 6) is 0.798. The Balaban J connectivity index is 1.56. The van der Waals surface area contributed by atoms with Crippen LogP contribution in [-0.2, 0) is 6.54 Å². The van der Waals surface area contributed by atoms with E-state index in [0.29, 0.717) is 12.1 Å². The normalized spacial score (nSPS) is 11.8. The van der Waals surface area contributed by atoms with Gasteiger partial charge in [0.25, 0.3) is 0 Å². The summed E-state index contributed by atoms with van der Waals surface area (Å²) in [6.45, 7) is 2.58. The summed E-state index contributed by atoms with van der Waals surface area (Å²) in [6.07, 6.45) is 0. The number of methoxy groups -OCH3 is 1. The fraction of sp³-hybridized carbons (Fsp3) is 0.211. The van der Waals surface area contributed by atoms with Crippen molar-refractivity contribution in [1.82, 2.24) is 10.2 Å². The number of aromatic nitrogens is 2. The highest BCUT2D eigenvalue weighted by molar-refractivity contribution is 8.02. The lowest BCUT2D eigenvalue weighted by Crippen LogP contribution is -2.13. The summed E-state index contributed by atoms with van der Waals surface area (Å²) in [5, 5.41) is 12.1. The van der Waals surface area contributed by atoms with E-state index in [-0.39, 0.29) is 11.0 Å². The van der Waals surface area contributed by atoms with Crippen LogP contribution in [0.2, 0.25) is 0 Å². The van der Waals surface area contributed by atoms with Crippen molar-refractivity contribution in [2.24, 2.45) is 0 Å². The van der Waals surface area contributed by atoms with Crippen LogP contribution in [0, 0.1) is 0 Å². The number of hydrogen-bond acceptors (Lipinski definition) is 7. The first-order valence-electron chi connectivity index (χ1n) is 8.12. The number of benzene rings is 2. The molecule has 3 aromatic rings. The van der Waals surface area contributed by atoms with Gasteiger partial charge in [-0.05, 0) is 36.8 Å². The van der Waals surface area contributed by atoms with E-state index in [2.05, 4.69) is 27.6 Å². The Bertz CT molecular complexity index is 851. The van der Waals surface area contributed by atoms with E-state index in [1.165, 1.54) is 28.7 Å². The molecule has 0 radical (unpaired) electrons. The minimum Gasteiger partial charge on any atom is -0.497 e. The molecule has 2 aromatic carbocycles. The number of ketones is 1. The Morgan fingerprint density at radius 3 is 2.58 bits per heavy atom.